The molecule has 4 heteroatoms. The van der Waals surface area contributed by atoms with Gasteiger partial charge in [-0.1, -0.05) is 23.8 Å². The van der Waals surface area contributed by atoms with E-state index in [4.69, 9.17) is 4.74 Å². The summed E-state index contributed by atoms with van der Waals surface area (Å²) in [5, 5.41) is 6.18. The molecule has 0 aromatic heterocycles. The van der Waals surface area contributed by atoms with E-state index in [1.165, 1.54) is 5.56 Å². The first-order chi connectivity index (χ1) is 10.9. The zero-order valence-electron chi connectivity index (χ0n) is 14.4. The standard InChI is InChI=1S/C19H24N2O2/c1-12-6-8-16(14(3)10-12)20-15(4)19(22)21-17-11-13(2)7-9-18(17)23-5/h6-11,15,20H,1-5H3,(H,21,22). The first kappa shape index (κ1) is 16.9. The fourth-order valence-electron chi connectivity index (χ4n) is 2.43. The average Bonchev–Trinajstić information content (AvgIpc) is 2.50. The van der Waals surface area contributed by atoms with Crippen LogP contribution in [0.3, 0.4) is 0 Å². The molecule has 2 N–H and O–H groups in total. The number of benzene rings is 2. The summed E-state index contributed by atoms with van der Waals surface area (Å²) < 4.78 is 5.30. The largest absolute Gasteiger partial charge is 0.495 e. The summed E-state index contributed by atoms with van der Waals surface area (Å²) in [6.45, 7) is 7.91. The van der Waals surface area contributed by atoms with Crippen molar-refractivity contribution in [1.29, 1.82) is 0 Å². The first-order valence-corrected chi connectivity index (χ1v) is 7.70. The van der Waals surface area contributed by atoms with Gasteiger partial charge in [-0.3, -0.25) is 4.79 Å². The monoisotopic (exact) mass is 312 g/mol. The first-order valence-electron chi connectivity index (χ1n) is 7.70. The molecule has 2 aromatic rings. The van der Waals surface area contributed by atoms with E-state index in [9.17, 15) is 4.79 Å². The zero-order valence-corrected chi connectivity index (χ0v) is 14.4. The minimum atomic E-state index is -0.360. The van der Waals surface area contributed by atoms with Gasteiger partial charge in [0, 0.05) is 5.69 Å². The molecule has 1 atom stereocenters. The molecule has 0 aliphatic rings. The van der Waals surface area contributed by atoms with Crippen LogP contribution in [-0.4, -0.2) is 19.1 Å². The summed E-state index contributed by atoms with van der Waals surface area (Å²) in [6.07, 6.45) is 0. The van der Waals surface area contributed by atoms with Crippen molar-refractivity contribution in [2.75, 3.05) is 17.7 Å². The normalized spacial score (nSPS) is 11.7. The lowest BCUT2D eigenvalue weighted by molar-refractivity contribution is -0.116. The molecule has 0 bridgehead atoms. The van der Waals surface area contributed by atoms with Crippen molar-refractivity contribution in [3.05, 3.63) is 53.1 Å². The van der Waals surface area contributed by atoms with E-state index in [0.29, 0.717) is 11.4 Å². The highest BCUT2D eigenvalue weighted by Crippen LogP contribution is 2.25. The van der Waals surface area contributed by atoms with Crippen molar-refractivity contribution in [3.8, 4) is 5.75 Å². The number of aryl methyl sites for hydroxylation is 3. The van der Waals surface area contributed by atoms with E-state index >= 15 is 0 Å². The maximum absolute atomic E-state index is 12.4. The molecular formula is C19H24N2O2. The molecule has 1 unspecified atom stereocenters. The van der Waals surface area contributed by atoms with Crippen molar-refractivity contribution >= 4 is 17.3 Å². The lowest BCUT2D eigenvalue weighted by Crippen LogP contribution is -2.32. The van der Waals surface area contributed by atoms with Gasteiger partial charge in [-0.25, -0.2) is 0 Å². The molecule has 0 aliphatic carbocycles. The second-order valence-electron chi connectivity index (χ2n) is 5.88. The Morgan fingerprint density at radius 2 is 1.65 bits per heavy atom. The van der Waals surface area contributed by atoms with Crippen LogP contribution in [0.15, 0.2) is 36.4 Å². The molecule has 2 aromatic carbocycles. The highest BCUT2D eigenvalue weighted by Gasteiger charge is 2.15. The molecule has 0 fully saturated rings. The van der Waals surface area contributed by atoms with Gasteiger partial charge in [-0.15, -0.1) is 0 Å². The number of nitrogens with one attached hydrogen (secondary N) is 2. The van der Waals surface area contributed by atoms with Gasteiger partial charge in [0.05, 0.1) is 12.8 Å². The summed E-state index contributed by atoms with van der Waals surface area (Å²) in [5.41, 5.74) is 5.05. The smallest absolute Gasteiger partial charge is 0.246 e. The Morgan fingerprint density at radius 3 is 2.30 bits per heavy atom. The van der Waals surface area contributed by atoms with Gasteiger partial charge in [0.15, 0.2) is 0 Å². The molecule has 1 amide bonds. The topological polar surface area (TPSA) is 50.4 Å². The van der Waals surface area contributed by atoms with Gasteiger partial charge >= 0.3 is 0 Å². The number of anilines is 2. The number of amides is 1. The Morgan fingerprint density at radius 1 is 1.00 bits per heavy atom. The third kappa shape index (κ3) is 4.25. The van der Waals surface area contributed by atoms with Gasteiger partial charge in [-0.2, -0.15) is 0 Å². The van der Waals surface area contributed by atoms with E-state index in [2.05, 4.69) is 23.6 Å². The third-order valence-corrected chi connectivity index (χ3v) is 3.76. The maximum atomic E-state index is 12.4. The summed E-state index contributed by atoms with van der Waals surface area (Å²) in [6, 6.07) is 11.5. The second kappa shape index (κ2) is 7.18. The summed E-state index contributed by atoms with van der Waals surface area (Å²) in [7, 11) is 1.59. The molecule has 0 saturated carbocycles. The van der Waals surface area contributed by atoms with Crippen molar-refractivity contribution in [2.45, 2.75) is 33.7 Å². The molecule has 2 rings (SSSR count). The molecule has 4 nitrogen and oxygen atoms in total. The Balaban J connectivity index is 2.10. The Hall–Kier alpha value is -2.49. The van der Waals surface area contributed by atoms with E-state index in [1.54, 1.807) is 7.11 Å². The molecule has 0 spiro atoms. The molecule has 0 radical (unpaired) electrons. The average molecular weight is 312 g/mol. The van der Waals surface area contributed by atoms with Crippen LogP contribution in [0.2, 0.25) is 0 Å². The Bertz CT molecular complexity index is 711. The highest BCUT2D eigenvalue weighted by molar-refractivity contribution is 5.97. The molecule has 23 heavy (non-hydrogen) atoms. The lowest BCUT2D eigenvalue weighted by atomic mass is 10.1. The van der Waals surface area contributed by atoms with Gasteiger partial charge in [0.2, 0.25) is 5.91 Å². The maximum Gasteiger partial charge on any atom is 0.246 e. The predicted octanol–water partition coefficient (Wildman–Crippen LogP) is 4.06. The minimum Gasteiger partial charge on any atom is -0.495 e. The SMILES string of the molecule is COc1ccc(C)cc1NC(=O)C(C)Nc1ccc(C)cc1C. The van der Waals surface area contributed by atoms with Crippen molar-refractivity contribution in [2.24, 2.45) is 0 Å². The number of ether oxygens (including phenoxy) is 1. The number of hydrogen-bond donors (Lipinski definition) is 2. The third-order valence-electron chi connectivity index (χ3n) is 3.76. The van der Waals surface area contributed by atoms with Gasteiger partial charge in [-0.05, 0) is 57.0 Å². The predicted molar refractivity (Wildman–Crippen MR) is 95.4 cm³/mol. The van der Waals surface area contributed by atoms with E-state index < -0.39 is 0 Å². The summed E-state index contributed by atoms with van der Waals surface area (Å²) in [5.74, 6) is 0.552. The zero-order chi connectivity index (χ0) is 17.0. The summed E-state index contributed by atoms with van der Waals surface area (Å²) >= 11 is 0. The van der Waals surface area contributed by atoms with Crippen LogP contribution < -0.4 is 15.4 Å². The van der Waals surface area contributed by atoms with Crippen LogP contribution in [0.5, 0.6) is 5.75 Å². The molecule has 122 valence electrons. The Labute approximate surface area is 137 Å². The second-order valence-corrected chi connectivity index (χ2v) is 5.88. The van der Waals surface area contributed by atoms with Crippen molar-refractivity contribution in [3.63, 3.8) is 0 Å². The van der Waals surface area contributed by atoms with Crippen LogP contribution in [0.25, 0.3) is 0 Å². The molecule has 0 saturated heterocycles. The van der Waals surface area contributed by atoms with Crippen LogP contribution in [-0.2, 0) is 4.79 Å². The van der Waals surface area contributed by atoms with E-state index in [-0.39, 0.29) is 11.9 Å². The van der Waals surface area contributed by atoms with Crippen LogP contribution in [0, 0.1) is 20.8 Å². The lowest BCUT2D eigenvalue weighted by Gasteiger charge is -2.18. The molecule has 0 aliphatic heterocycles. The number of methoxy groups -OCH3 is 1. The molecular weight excluding hydrogens is 288 g/mol. The van der Waals surface area contributed by atoms with Gasteiger partial charge < -0.3 is 15.4 Å². The van der Waals surface area contributed by atoms with Gasteiger partial charge in [0.25, 0.3) is 0 Å². The Kier molecular flexibility index (Phi) is 5.27. The fraction of sp³-hybridized carbons (Fsp3) is 0.316. The highest BCUT2D eigenvalue weighted by atomic mass is 16.5. The minimum absolute atomic E-state index is 0.103. The number of hydrogen-bond acceptors (Lipinski definition) is 3. The number of carbonyl (C=O) groups is 1. The molecule has 0 heterocycles. The van der Waals surface area contributed by atoms with Crippen molar-refractivity contribution < 1.29 is 9.53 Å². The van der Waals surface area contributed by atoms with Crippen molar-refractivity contribution in [1.82, 2.24) is 0 Å². The quantitative estimate of drug-likeness (QED) is 0.875. The van der Waals surface area contributed by atoms with E-state index in [1.807, 2.05) is 51.1 Å². The fourth-order valence-corrected chi connectivity index (χ4v) is 2.43. The van der Waals surface area contributed by atoms with Crippen LogP contribution in [0.1, 0.15) is 23.6 Å². The van der Waals surface area contributed by atoms with Crippen LogP contribution >= 0.6 is 0 Å². The van der Waals surface area contributed by atoms with Gasteiger partial charge in [0.1, 0.15) is 11.8 Å². The summed E-state index contributed by atoms with van der Waals surface area (Å²) in [4.78, 5) is 12.4. The number of carbonyl (C=O) groups excluding carboxylic acids is 1. The van der Waals surface area contributed by atoms with E-state index in [0.717, 1.165) is 16.8 Å². The number of rotatable bonds is 5. The van der Waals surface area contributed by atoms with Crippen LogP contribution in [0.4, 0.5) is 11.4 Å².